The number of hydrogen-bond donors (Lipinski definition) is 1. The molecule has 1 rings (SSSR count). The van der Waals surface area contributed by atoms with Gasteiger partial charge < -0.3 is 15.0 Å². The maximum Gasteiger partial charge on any atom is 0.406 e. The van der Waals surface area contributed by atoms with E-state index in [9.17, 15) is 4.79 Å². The average Bonchev–Trinajstić information content (AvgIpc) is 2.29. The highest BCUT2D eigenvalue weighted by molar-refractivity contribution is 14.1. The van der Waals surface area contributed by atoms with E-state index in [0.29, 0.717) is 13.2 Å². The lowest BCUT2D eigenvalue weighted by molar-refractivity contribution is 0.151. The molecule has 1 aromatic rings. The van der Waals surface area contributed by atoms with Crippen LogP contribution in [0.4, 0.5) is 10.5 Å². The first-order valence-corrected chi connectivity index (χ1v) is 6.02. The summed E-state index contributed by atoms with van der Waals surface area (Å²) in [5.74, 6) is 0. The SMILES string of the molecule is CNC(=O)OCCN(C)c1ccc(I)cc1. The number of carbonyl (C=O) groups excluding carboxylic acids is 1. The molecule has 4 nitrogen and oxygen atoms in total. The van der Waals surface area contributed by atoms with Crippen LogP contribution in [0.1, 0.15) is 0 Å². The van der Waals surface area contributed by atoms with Gasteiger partial charge in [-0.25, -0.2) is 4.79 Å². The maximum atomic E-state index is 10.8. The number of nitrogens with zero attached hydrogens (tertiary/aromatic N) is 1. The molecule has 0 radical (unpaired) electrons. The summed E-state index contributed by atoms with van der Waals surface area (Å²) in [4.78, 5) is 12.9. The molecule has 1 N–H and O–H groups in total. The van der Waals surface area contributed by atoms with E-state index >= 15 is 0 Å². The Kier molecular flexibility index (Phi) is 5.37. The zero-order valence-electron chi connectivity index (χ0n) is 9.37. The maximum absolute atomic E-state index is 10.8. The molecule has 1 aromatic carbocycles. The monoisotopic (exact) mass is 334 g/mol. The van der Waals surface area contributed by atoms with Crippen LogP contribution in [0.2, 0.25) is 0 Å². The molecular weight excluding hydrogens is 319 g/mol. The summed E-state index contributed by atoms with van der Waals surface area (Å²) in [7, 11) is 3.51. The van der Waals surface area contributed by atoms with Gasteiger partial charge in [-0.2, -0.15) is 0 Å². The fourth-order valence-electron chi connectivity index (χ4n) is 1.17. The molecule has 0 fully saturated rings. The Hall–Kier alpha value is -0.980. The number of likely N-dealkylation sites (N-methyl/N-ethyl adjacent to an activating group) is 1. The summed E-state index contributed by atoms with van der Waals surface area (Å²) in [6, 6.07) is 8.18. The standard InChI is InChI=1S/C11H15IN2O2/c1-13-11(15)16-8-7-14(2)10-5-3-9(12)4-6-10/h3-6H,7-8H2,1-2H3,(H,13,15). The number of hydrogen-bond acceptors (Lipinski definition) is 3. The number of anilines is 1. The van der Waals surface area contributed by atoms with Crippen molar-refractivity contribution in [1.82, 2.24) is 5.32 Å². The molecule has 0 heterocycles. The molecule has 0 saturated heterocycles. The van der Waals surface area contributed by atoms with E-state index < -0.39 is 6.09 Å². The Balaban J connectivity index is 2.37. The molecule has 0 aliphatic carbocycles. The largest absolute Gasteiger partial charge is 0.448 e. The van der Waals surface area contributed by atoms with Crippen molar-refractivity contribution in [1.29, 1.82) is 0 Å². The van der Waals surface area contributed by atoms with Crippen LogP contribution in [0.25, 0.3) is 0 Å². The van der Waals surface area contributed by atoms with Gasteiger partial charge in [0.15, 0.2) is 0 Å². The van der Waals surface area contributed by atoms with Crippen molar-refractivity contribution >= 4 is 34.4 Å². The van der Waals surface area contributed by atoms with Crippen LogP contribution < -0.4 is 10.2 Å². The van der Waals surface area contributed by atoms with Crippen LogP contribution in [-0.4, -0.2) is 33.3 Å². The van der Waals surface area contributed by atoms with E-state index in [1.54, 1.807) is 7.05 Å². The van der Waals surface area contributed by atoms with Crippen molar-refractivity contribution in [2.24, 2.45) is 0 Å². The molecule has 88 valence electrons. The molecule has 16 heavy (non-hydrogen) atoms. The summed E-state index contributed by atoms with van der Waals surface area (Å²) in [6.45, 7) is 1.05. The van der Waals surface area contributed by atoms with Crippen molar-refractivity contribution in [3.8, 4) is 0 Å². The lowest BCUT2D eigenvalue weighted by Gasteiger charge is -2.18. The van der Waals surface area contributed by atoms with E-state index in [-0.39, 0.29) is 0 Å². The Bertz CT molecular complexity index is 340. The smallest absolute Gasteiger partial charge is 0.406 e. The summed E-state index contributed by atoms with van der Waals surface area (Å²) in [5, 5.41) is 2.41. The third-order valence-electron chi connectivity index (χ3n) is 2.13. The van der Waals surface area contributed by atoms with Gasteiger partial charge in [-0.3, -0.25) is 0 Å². The number of alkyl carbamates (subject to hydrolysis) is 1. The van der Waals surface area contributed by atoms with Crippen molar-refractivity contribution in [3.05, 3.63) is 27.8 Å². The molecule has 0 aliphatic rings. The van der Waals surface area contributed by atoms with Gasteiger partial charge >= 0.3 is 6.09 Å². The van der Waals surface area contributed by atoms with Crippen molar-refractivity contribution in [2.75, 3.05) is 32.1 Å². The molecular formula is C11H15IN2O2. The quantitative estimate of drug-likeness (QED) is 0.858. The van der Waals surface area contributed by atoms with Crippen LogP contribution in [0.5, 0.6) is 0 Å². The minimum Gasteiger partial charge on any atom is -0.448 e. The fourth-order valence-corrected chi connectivity index (χ4v) is 1.53. The number of amides is 1. The highest BCUT2D eigenvalue weighted by Crippen LogP contribution is 2.14. The van der Waals surface area contributed by atoms with E-state index in [1.165, 1.54) is 3.57 Å². The summed E-state index contributed by atoms with van der Waals surface area (Å²) in [5.41, 5.74) is 1.11. The van der Waals surface area contributed by atoms with Gasteiger partial charge in [0.25, 0.3) is 0 Å². The summed E-state index contributed by atoms with van der Waals surface area (Å²) < 4.78 is 6.12. The molecule has 0 spiro atoms. The molecule has 0 bridgehead atoms. The zero-order chi connectivity index (χ0) is 12.0. The lowest BCUT2D eigenvalue weighted by Crippen LogP contribution is -2.27. The third-order valence-corrected chi connectivity index (χ3v) is 2.85. The normalized spacial score (nSPS) is 9.69. The molecule has 0 atom stereocenters. The van der Waals surface area contributed by atoms with Crippen molar-refractivity contribution in [3.63, 3.8) is 0 Å². The van der Waals surface area contributed by atoms with E-state index in [2.05, 4.69) is 27.9 Å². The molecule has 1 amide bonds. The van der Waals surface area contributed by atoms with Gasteiger partial charge in [-0.05, 0) is 46.9 Å². The average molecular weight is 334 g/mol. The number of benzene rings is 1. The van der Waals surface area contributed by atoms with E-state index in [1.807, 2.05) is 36.2 Å². The van der Waals surface area contributed by atoms with Crippen LogP contribution >= 0.6 is 22.6 Å². The Morgan fingerprint density at radius 2 is 2.06 bits per heavy atom. The van der Waals surface area contributed by atoms with Gasteiger partial charge in [0.2, 0.25) is 0 Å². The summed E-state index contributed by atoms with van der Waals surface area (Å²) in [6.07, 6.45) is -0.393. The molecule has 0 aliphatic heterocycles. The number of rotatable bonds is 4. The lowest BCUT2D eigenvalue weighted by atomic mass is 10.3. The van der Waals surface area contributed by atoms with Crippen LogP contribution in [-0.2, 0) is 4.74 Å². The number of ether oxygens (including phenoxy) is 1. The minimum atomic E-state index is -0.393. The van der Waals surface area contributed by atoms with Gasteiger partial charge in [0.1, 0.15) is 6.61 Å². The Morgan fingerprint density at radius 1 is 1.44 bits per heavy atom. The predicted molar refractivity (Wildman–Crippen MR) is 72.8 cm³/mol. The number of carbonyl (C=O) groups is 1. The van der Waals surface area contributed by atoms with Gasteiger partial charge in [-0.15, -0.1) is 0 Å². The minimum absolute atomic E-state index is 0.377. The van der Waals surface area contributed by atoms with E-state index in [0.717, 1.165) is 5.69 Å². The highest BCUT2D eigenvalue weighted by Gasteiger charge is 2.02. The van der Waals surface area contributed by atoms with Crippen LogP contribution in [0.3, 0.4) is 0 Å². The third kappa shape index (κ3) is 4.26. The van der Waals surface area contributed by atoms with Crippen LogP contribution in [0, 0.1) is 3.57 Å². The second-order valence-electron chi connectivity index (χ2n) is 3.28. The second-order valence-corrected chi connectivity index (χ2v) is 4.53. The second kappa shape index (κ2) is 6.57. The van der Waals surface area contributed by atoms with Gasteiger partial charge in [0.05, 0.1) is 6.54 Å². The predicted octanol–water partition coefficient (Wildman–Crippen LogP) is 2.08. The molecule has 0 unspecified atom stereocenters. The van der Waals surface area contributed by atoms with Gasteiger partial charge in [-0.1, -0.05) is 0 Å². The molecule has 0 aromatic heterocycles. The molecule has 0 saturated carbocycles. The Morgan fingerprint density at radius 3 is 2.62 bits per heavy atom. The van der Waals surface area contributed by atoms with E-state index in [4.69, 9.17) is 4.74 Å². The van der Waals surface area contributed by atoms with Crippen molar-refractivity contribution < 1.29 is 9.53 Å². The first kappa shape index (κ1) is 13.1. The first-order chi connectivity index (χ1) is 7.63. The van der Waals surface area contributed by atoms with Gasteiger partial charge in [0, 0.05) is 23.4 Å². The highest BCUT2D eigenvalue weighted by atomic mass is 127. The van der Waals surface area contributed by atoms with Crippen molar-refractivity contribution in [2.45, 2.75) is 0 Å². The molecule has 5 heteroatoms. The zero-order valence-corrected chi connectivity index (χ0v) is 11.5. The topological polar surface area (TPSA) is 41.6 Å². The summed E-state index contributed by atoms with van der Waals surface area (Å²) >= 11 is 2.27. The fraction of sp³-hybridized carbons (Fsp3) is 0.364. The number of halogens is 1. The Labute approximate surface area is 109 Å². The van der Waals surface area contributed by atoms with Crippen LogP contribution in [0.15, 0.2) is 24.3 Å². The first-order valence-electron chi connectivity index (χ1n) is 4.94. The number of nitrogens with one attached hydrogen (secondary N) is 1.